The molecule has 2 rings (SSSR count). The van der Waals surface area contributed by atoms with Crippen LogP contribution in [0.1, 0.15) is 11.3 Å². The maximum absolute atomic E-state index is 13.9. The van der Waals surface area contributed by atoms with Gasteiger partial charge >= 0.3 is 23.9 Å². The van der Waals surface area contributed by atoms with E-state index in [1.165, 1.54) is 24.3 Å². The Kier molecular flexibility index (Phi) is 3.66. The van der Waals surface area contributed by atoms with Gasteiger partial charge in [-0.15, -0.1) is 0 Å². The number of benzene rings is 1. The number of fused-ring (bicyclic) bond motifs is 1. The van der Waals surface area contributed by atoms with E-state index in [0.29, 0.717) is 0 Å². The van der Waals surface area contributed by atoms with Gasteiger partial charge in [-0.1, -0.05) is 18.2 Å². The van der Waals surface area contributed by atoms with E-state index < -0.39 is 35.2 Å². The highest BCUT2D eigenvalue weighted by Gasteiger charge is 2.82. The molecule has 1 heterocycles. The fourth-order valence-electron chi connectivity index (χ4n) is 2.13. The Labute approximate surface area is 123 Å². The van der Waals surface area contributed by atoms with E-state index in [9.17, 15) is 39.5 Å². The van der Waals surface area contributed by atoms with Crippen molar-refractivity contribution in [2.24, 2.45) is 0 Å². The molecule has 0 saturated carbocycles. The third-order valence-electron chi connectivity index (χ3n) is 3.42. The van der Waals surface area contributed by atoms with Gasteiger partial charge in [-0.25, -0.2) is 0 Å². The van der Waals surface area contributed by atoms with Crippen LogP contribution in [-0.2, 0) is 5.92 Å². The largest absolute Gasteiger partial charge is 0.460 e. The molecule has 0 atom stereocenters. The highest BCUT2D eigenvalue weighted by Crippen LogP contribution is 2.57. The number of nitrogens with one attached hydrogen (secondary N) is 1. The summed E-state index contributed by atoms with van der Waals surface area (Å²) in [7, 11) is 0. The second-order valence-electron chi connectivity index (χ2n) is 4.89. The summed E-state index contributed by atoms with van der Waals surface area (Å²) in [4.78, 5) is 1.80. The standard InChI is InChI=1S/C13H8F9N/c1-6-7-4-2-3-5-8(7)23-9(6)10(14,15)11(16,17)12(18,19)13(20,21)22/h2-5,23H,1H3. The first-order valence-electron chi connectivity index (χ1n) is 6.03. The molecule has 1 aromatic carbocycles. The summed E-state index contributed by atoms with van der Waals surface area (Å²) in [6.07, 6.45) is -6.83. The highest BCUT2D eigenvalue weighted by atomic mass is 19.4. The SMILES string of the molecule is Cc1c(C(F)(F)C(F)(F)C(F)(F)C(F)(F)F)[nH]c2ccccc12. The lowest BCUT2D eigenvalue weighted by Crippen LogP contribution is -2.59. The van der Waals surface area contributed by atoms with Crippen molar-refractivity contribution < 1.29 is 39.5 Å². The van der Waals surface area contributed by atoms with E-state index >= 15 is 0 Å². The van der Waals surface area contributed by atoms with E-state index in [4.69, 9.17) is 0 Å². The number of alkyl halides is 9. The van der Waals surface area contributed by atoms with Crippen molar-refractivity contribution in [2.75, 3.05) is 0 Å². The monoisotopic (exact) mass is 349 g/mol. The lowest BCUT2D eigenvalue weighted by molar-refractivity contribution is -0.400. The number of halogens is 9. The molecular weight excluding hydrogens is 341 g/mol. The third-order valence-corrected chi connectivity index (χ3v) is 3.42. The van der Waals surface area contributed by atoms with Gasteiger partial charge in [-0.3, -0.25) is 0 Å². The molecule has 1 nitrogen and oxygen atoms in total. The minimum Gasteiger partial charge on any atom is -0.353 e. The molecule has 0 radical (unpaired) electrons. The predicted octanol–water partition coefficient (Wildman–Crippen LogP) is 5.40. The summed E-state index contributed by atoms with van der Waals surface area (Å²) in [5.74, 6) is -19.4. The number of aromatic amines is 1. The van der Waals surface area contributed by atoms with E-state index in [-0.39, 0.29) is 10.9 Å². The lowest BCUT2D eigenvalue weighted by Gasteiger charge is -2.33. The van der Waals surface area contributed by atoms with Crippen LogP contribution in [-0.4, -0.2) is 23.0 Å². The van der Waals surface area contributed by atoms with Crippen LogP contribution in [0.4, 0.5) is 39.5 Å². The Morgan fingerprint density at radius 2 is 1.30 bits per heavy atom. The fourth-order valence-corrected chi connectivity index (χ4v) is 2.13. The molecule has 0 saturated heterocycles. The maximum atomic E-state index is 13.9. The van der Waals surface area contributed by atoms with E-state index in [1.54, 1.807) is 4.98 Å². The summed E-state index contributed by atoms with van der Waals surface area (Å²) in [6.45, 7) is 0.921. The summed E-state index contributed by atoms with van der Waals surface area (Å²) in [6, 6.07) is 5.15. The molecule has 0 aliphatic rings. The molecule has 0 aliphatic carbocycles. The number of rotatable bonds is 3. The molecule has 0 unspecified atom stereocenters. The molecule has 0 bridgehead atoms. The third kappa shape index (κ3) is 2.26. The zero-order valence-electron chi connectivity index (χ0n) is 11.2. The van der Waals surface area contributed by atoms with Crippen molar-refractivity contribution in [1.29, 1.82) is 0 Å². The molecule has 1 N–H and O–H groups in total. The normalized spacial score (nSPS) is 14.5. The zero-order valence-corrected chi connectivity index (χ0v) is 11.2. The first-order chi connectivity index (χ1) is 10.2. The summed E-state index contributed by atoms with van der Waals surface area (Å²) in [5.41, 5.74) is -2.32. The van der Waals surface area contributed by atoms with Gasteiger partial charge in [0.25, 0.3) is 0 Å². The molecule has 0 spiro atoms. The smallest absolute Gasteiger partial charge is 0.353 e. The average molecular weight is 349 g/mol. The zero-order chi connectivity index (χ0) is 17.8. The highest BCUT2D eigenvalue weighted by molar-refractivity contribution is 5.84. The molecule has 0 fully saturated rings. The number of aryl methyl sites for hydroxylation is 1. The van der Waals surface area contributed by atoms with Gasteiger partial charge in [0.2, 0.25) is 0 Å². The number of hydrogen-bond acceptors (Lipinski definition) is 0. The summed E-state index contributed by atoms with van der Waals surface area (Å²) < 4.78 is 117. The van der Waals surface area contributed by atoms with E-state index in [1.807, 2.05) is 0 Å². The van der Waals surface area contributed by atoms with Gasteiger partial charge in [0.15, 0.2) is 0 Å². The van der Waals surface area contributed by atoms with Crippen molar-refractivity contribution in [2.45, 2.75) is 30.9 Å². The maximum Gasteiger partial charge on any atom is 0.460 e. The number of hydrogen-bond donors (Lipinski definition) is 1. The predicted molar refractivity (Wildman–Crippen MR) is 62.9 cm³/mol. The van der Waals surface area contributed by atoms with Crippen LogP contribution < -0.4 is 0 Å². The van der Waals surface area contributed by atoms with Gasteiger partial charge < -0.3 is 4.98 Å². The van der Waals surface area contributed by atoms with Crippen LogP contribution in [0, 0.1) is 6.92 Å². The van der Waals surface area contributed by atoms with Crippen molar-refractivity contribution in [3.8, 4) is 0 Å². The molecule has 0 amide bonds. The number of H-pyrrole nitrogens is 1. The summed E-state index contributed by atoms with van der Waals surface area (Å²) >= 11 is 0. The van der Waals surface area contributed by atoms with E-state index in [2.05, 4.69) is 0 Å². The van der Waals surface area contributed by atoms with Gasteiger partial charge in [-0.05, 0) is 18.6 Å². The van der Waals surface area contributed by atoms with Crippen molar-refractivity contribution in [3.05, 3.63) is 35.5 Å². The molecule has 2 aromatic rings. The van der Waals surface area contributed by atoms with Crippen molar-refractivity contribution >= 4 is 10.9 Å². The van der Waals surface area contributed by atoms with Crippen LogP contribution in [0.2, 0.25) is 0 Å². The van der Waals surface area contributed by atoms with Gasteiger partial charge in [0, 0.05) is 10.9 Å². The molecule has 128 valence electrons. The molecular formula is C13H8F9N. The van der Waals surface area contributed by atoms with Crippen molar-refractivity contribution in [3.63, 3.8) is 0 Å². The number of para-hydroxylation sites is 1. The topological polar surface area (TPSA) is 15.8 Å². The van der Waals surface area contributed by atoms with Crippen molar-refractivity contribution in [1.82, 2.24) is 4.98 Å². The minimum absolute atomic E-state index is 0.00769. The molecule has 23 heavy (non-hydrogen) atoms. The average Bonchev–Trinajstić information content (AvgIpc) is 2.75. The van der Waals surface area contributed by atoms with Crippen LogP contribution in [0.15, 0.2) is 24.3 Å². The Morgan fingerprint density at radius 3 is 1.78 bits per heavy atom. The molecule has 1 aromatic heterocycles. The quantitative estimate of drug-likeness (QED) is 0.714. The van der Waals surface area contributed by atoms with Crippen LogP contribution >= 0.6 is 0 Å². The summed E-state index contributed by atoms with van der Waals surface area (Å²) in [5, 5.41) is 0.00769. The lowest BCUT2D eigenvalue weighted by atomic mass is 9.98. The Balaban J connectivity index is 2.66. The minimum atomic E-state index is -6.91. The van der Waals surface area contributed by atoms with Crippen LogP contribution in [0.25, 0.3) is 10.9 Å². The van der Waals surface area contributed by atoms with Gasteiger partial charge in [0.1, 0.15) is 0 Å². The second-order valence-corrected chi connectivity index (χ2v) is 4.89. The van der Waals surface area contributed by atoms with E-state index in [0.717, 1.165) is 6.92 Å². The van der Waals surface area contributed by atoms with Gasteiger partial charge in [-0.2, -0.15) is 39.5 Å². The molecule has 0 aliphatic heterocycles. The first kappa shape index (κ1) is 17.5. The van der Waals surface area contributed by atoms with Gasteiger partial charge in [0.05, 0.1) is 5.69 Å². The molecule has 10 heteroatoms. The Morgan fingerprint density at radius 1 is 0.783 bits per heavy atom. The first-order valence-corrected chi connectivity index (χ1v) is 6.03. The second kappa shape index (κ2) is 4.81. The van der Waals surface area contributed by atoms with Crippen LogP contribution in [0.3, 0.4) is 0 Å². The number of aromatic nitrogens is 1. The Bertz CT molecular complexity index is 727. The Hall–Kier alpha value is -1.87. The van der Waals surface area contributed by atoms with Crippen LogP contribution in [0.5, 0.6) is 0 Å². The fraction of sp³-hybridized carbons (Fsp3) is 0.385.